The van der Waals surface area contributed by atoms with E-state index in [2.05, 4.69) is 12.2 Å². The van der Waals surface area contributed by atoms with Crippen LogP contribution in [0.5, 0.6) is 0 Å². The fraction of sp³-hybridized carbons (Fsp3) is 0.867. The van der Waals surface area contributed by atoms with Gasteiger partial charge in [-0.25, -0.2) is 0 Å². The zero-order chi connectivity index (χ0) is 15.6. The maximum Gasteiger partial charge on any atom is 0.303 e. The molecule has 0 heterocycles. The van der Waals surface area contributed by atoms with E-state index in [1.807, 2.05) is 13.8 Å². The Hall–Kier alpha value is -1.10. The van der Waals surface area contributed by atoms with Gasteiger partial charge < -0.3 is 16.2 Å². The Morgan fingerprint density at radius 3 is 2.40 bits per heavy atom. The minimum Gasteiger partial charge on any atom is -0.481 e. The molecule has 1 amide bonds. The van der Waals surface area contributed by atoms with Crippen LogP contribution in [0.25, 0.3) is 0 Å². The zero-order valence-electron chi connectivity index (χ0n) is 13.1. The van der Waals surface area contributed by atoms with E-state index in [1.54, 1.807) is 0 Å². The Labute approximate surface area is 122 Å². The highest BCUT2D eigenvalue weighted by atomic mass is 16.4. The molecule has 5 nitrogen and oxygen atoms in total. The Balaban J connectivity index is 3.76. The van der Waals surface area contributed by atoms with Crippen molar-refractivity contribution < 1.29 is 14.7 Å². The Bertz CT molecular complexity index is 303. The third kappa shape index (κ3) is 10.8. The van der Waals surface area contributed by atoms with Gasteiger partial charge in [-0.2, -0.15) is 0 Å². The van der Waals surface area contributed by atoms with Gasteiger partial charge in [0, 0.05) is 19.4 Å². The lowest BCUT2D eigenvalue weighted by atomic mass is 9.84. The van der Waals surface area contributed by atoms with Crippen molar-refractivity contribution >= 4 is 11.9 Å². The van der Waals surface area contributed by atoms with Crippen LogP contribution >= 0.6 is 0 Å². The molecule has 0 fully saturated rings. The molecule has 0 spiro atoms. The first-order chi connectivity index (χ1) is 9.26. The predicted octanol–water partition coefficient (Wildman–Crippen LogP) is 2.15. The van der Waals surface area contributed by atoms with E-state index in [4.69, 9.17) is 10.8 Å². The molecule has 0 saturated carbocycles. The van der Waals surface area contributed by atoms with Crippen molar-refractivity contribution in [1.82, 2.24) is 5.32 Å². The van der Waals surface area contributed by atoms with Gasteiger partial charge in [-0.1, -0.05) is 20.8 Å². The molecule has 0 saturated heterocycles. The van der Waals surface area contributed by atoms with E-state index in [1.165, 1.54) is 0 Å². The van der Waals surface area contributed by atoms with E-state index >= 15 is 0 Å². The molecule has 0 aliphatic heterocycles. The SMILES string of the molecule is CC(CCN)CCC(=O)NCCC(C)(C)CCC(=O)O. The Morgan fingerprint density at radius 2 is 1.85 bits per heavy atom. The van der Waals surface area contributed by atoms with Gasteiger partial charge in [0.25, 0.3) is 0 Å². The summed E-state index contributed by atoms with van der Waals surface area (Å²) >= 11 is 0. The summed E-state index contributed by atoms with van der Waals surface area (Å²) in [5.41, 5.74) is 5.41. The quantitative estimate of drug-likeness (QED) is 0.542. The van der Waals surface area contributed by atoms with Gasteiger partial charge >= 0.3 is 5.97 Å². The topological polar surface area (TPSA) is 92.4 Å². The standard InChI is InChI=1S/C15H30N2O3/c1-12(7-10-16)4-5-13(18)17-11-9-15(2,3)8-6-14(19)20/h12H,4-11,16H2,1-3H3,(H,17,18)(H,19,20). The smallest absolute Gasteiger partial charge is 0.303 e. The molecule has 0 aliphatic carbocycles. The highest BCUT2D eigenvalue weighted by molar-refractivity contribution is 5.75. The van der Waals surface area contributed by atoms with Crippen LogP contribution in [0.3, 0.4) is 0 Å². The van der Waals surface area contributed by atoms with Crippen molar-refractivity contribution in [3.8, 4) is 0 Å². The summed E-state index contributed by atoms with van der Waals surface area (Å²) in [4.78, 5) is 22.2. The maximum atomic E-state index is 11.7. The molecule has 20 heavy (non-hydrogen) atoms. The highest BCUT2D eigenvalue weighted by Gasteiger charge is 2.19. The van der Waals surface area contributed by atoms with Crippen molar-refractivity contribution in [2.45, 2.75) is 59.3 Å². The molecule has 1 atom stereocenters. The number of nitrogens with two attached hydrogens (primary N) is 1. The number of amides is 1. The van der Waals surface area contributed by atoms with E-state index in [9.17, 15) is 9.59 Å². The average molecular weight is 286 g/mol. The van der Waals surface area contributed by atoms with E-state index in [0.29, 0.717) is 31.8 Å². The molecule has 0 bridgehead atoms. The fourth-order valence-corrected chi connectivity index (χ4v) is 2.01. The molecule has 118 valence electrons. The lowest BCUT2D eigenvalue weighted by Crippen LogP contribution is -2.28. The summed E-state index contributed by atoms with van der Waals surface area (Å²) in [7, 11) is 0. The number of nitrogens with one attached hydrogen (secondary N) is 1. The number of aliphatic carboxylic acids is 1. The number of carbonyl (C=O) groups excluding carboxylic acids is 1. The summed E-state index contributed by atoms with van der Waals surface area (Å²) in [6.45, 7) is 7.45. The molecule has 5 heteroatoms. The first-order valence-electron chi connectivity index (χ1n) is 7.45. The number of carboxylic acids is 1. The van der Waals surface area contributed by atoms with Crippen LogP contribution in [0, 0.1) is 11.3 Å². The number of hydrogen-bond acceptors (Lipinski definition) is 3. The van der Waals surface area contributed by atoms with Gasteiger partial charge in [-0.05, 0) is 43.6 Å². The van der Waals surface area contributed by atoms with Crippen LogP contribution in [0.15, 0.2) is 0 Å². The summed E-state index contributed by atoms with van der Waals surface area (Å²) in [6.07, 6.45) is 3.96. The minimum atomic E-state index is -0.768. The molecule has 0 aliphatic rings. The van der Waals surface area contributed by atoms with Crippen LogP contribution in [0.4, 0.5) is 0 Å². The van der Waals surface area contributed by atoms with Gasteiger partial charge in [0.2, 0.25) is 5.91 Å². The third-order valence-corrected chi connectivity index (χ3v) is 3.66. The number of carbonyl (C=O) groups is 2. The molecule has 0 aromatic rings. The van der Waals surface area contributed by atoms with E-state index in [0.717, 1.165) is 19.3 Å². The first-order valence-corrected chi connectivity index (χ1v) is 7.45. The lowest BCUT2D eigenvalue weighted by molar-refractivity contribution is -0.137. The Morgan fingerprint density at radius 1 is 1.20 bits per heavy atom. The van der Waals surface area contributed by atoms with E-state index in [-0.39, 0.29) is 17.7 Å². The summed E-state index contributed by atoms with van der Waals surface area (Å²) in [6, 6.07) is 0. The second kappa shape index (κ2) is 9.75. The number of rotatable bonds is 11. The third-order valence-electron chi connectivity index (χ3n) is 3.66. The van der Waals surface area contributed by atoms with Crippen LogP contribution in [0.1, 0.15) is 59.3 Å². The molecule has 0 aromatic heterocycles. The number of carboxylic acid groups (broad SMARTS) is 1. The van der Waals surface area contributed by atoms with Crippen LogP contribution < -0.4 is 11.1 Å². The van der Waals surface area contributed by atoms with Gasteiger partial charge in [-0.15, -0.1) is 0 Å². The fourth-order valence-electron chi connectivity index (χ4n) is 2.01. The van der Waals surface area contributed by atoms with E-state index < -0.39 is 5.97 Å². The van der Waals surface area contributed by atoms with Gasteiger partial charge in [0.15, 0.2) is 0 Å². The zero-order valence-corrected chi connectivity index (χ0v) is 13.1. The molecular formula is C15H30N2O3. The van der Waals surface area contributed by atoms with Crippen LogP contribution in [0.2, 0.25) is 0 Å². The van der Waals surface area contributed by atoms with Gasteiger partial charge in [-0.3, -0.25) is 9.59 Å². The van der Waals surface area contributed by atoms with Crippen molar-refractivity contribution in [2.24, 2.45) is 17.1 Å². The predicted molar refractivity (Wildman–Crippen MR) is 80.3 cm³/mol. The minimum absolute atomic E-state index is 0.0570. The largest absolute Gasteiger partial charge is 0.481 e. The van der Waals surface area contributed by atoms with Gasteiger partial charge in [0.1, 0.15) is 0 Å². The molecule has 0 rings (SSSR count). The molecule has 0 radical (unpaired) electrons. The van der Waals surface area contributed by atoms with Crippen molar-refractivity contribution in [2.75, 3.05) is 13.1 Å². The van der Waals surface area contributed by atoms with Crippen molar-refractivity contribution in [3.63, 3.8) is 0 Å². The van der Waals surface area contributed by atoms with Gasteiger partial charge in [0.05, 0.1) is 0 Å². The number of hydrogen-bond donors (Lipinski definition) is 3. The second-order valence-corrected chi connectivity index (χ2v) is 6.38. The summed E-state index contributed by atoms with van der Waals surface area (Å²) < 4.78 is 0. The Kier molecular flexibility index (Phi) is 9.21. The first kappa shape index (κ1) is 18.9. The monoisotopic (exact) mass is 286 g/mol. The molecule has 1 unspecified atom stereocenters. The maximum absolute atomic E-state index is 11.7. The molecule has 0 aromatic carbocycles. The second-order valence-electron chi connectivity index (χ2n) is 6.38. The van der Waals surface area contributed by atoms with Crippen molar-refractivity contribution in [1.29, 1.82) is 0 Å². The van der Waals surface area contributed by atoms with Crippen LogP contribution in [-0.4, -0.2) is 30.1 Å². The normalized spacial score (nSPS) is 13.0. The average Bonchev–Trinajstić information content (AvgIpc) is 2.34. The highest BCUT2D eigenvalue weighted by Crippen LogP contribution is 2.26. The van der Waals surface area contributed by atoms with Crippen molar-refractivity contribution in [3.05, 3.63) is 0 Å². The molecular weight excluding hydrogens is 256 g/mol. The molecule has 4 N–H and O–H groups in total. The summed E-state index contributed by atoms with van der Waals surface area (Å²) in [5, 5.41) is 11.6. The lowest BCUT2D eigenvalue weighted by Gasteiger charge is -2.23. The van der Waals surface area contributed by atoms with Crippen LogP contribution in [-0.2, 0) is 9.59 Å². The summed E-state index contributed by atoms with van der Waals surface area (Å²) in [5.74, 6) is -0.211.